The van der Waals surface area contributed by atoms with Gasteiger partial charge in [0.15, 0.2) is 5.17 Å². The fraction of sp³-hybridized carbons (Fsp3) is 0.909. The molecule has 0 bridgehead atoms. The van der Waals surface area contributed by atoms with Crippen molar-refractivity contribution in [2.75, 3.05) is 39.1 Å². The van der Waals surface area contributed by atoms with E-state index in [-0.39, 0.29) is 0 Å². The molecule has 2 rings (SSSR count). The van der Waals surface area contributed by atoms with Crippen molar-refractivity contribution >= 4 is 32.9 Å². The second kappa shape index (κ2) is 5.74. The average molecular weight is 306 g/mol. The van der Waals surface area contributed by atoms with Crippen LogP contribution in [0.25, 0.3) is 0 Å². The van der Waals surface area contributed by atoms with Crippen molar-refractivity contribution in [1.29, 1.82) is 0 Å². The fourth-order valence-electron chi connectivity index (χ4n) is 2.29. The smallest absolute Gasteiger partial charge is 0.159 e. The van der Waals surface area contributed by atoms with E-state index in [1.807, 2.05) is 11.8 Å². The molecule has 2 aliphatic rings. The first-order valence-corrected chi connectivity index (χ1v) is 7.89. The predicted octanol–water partition coefficient (Wildman–Crippen LogP) is 1.88. The average Bonchev–Trinajstić information content (AvgIpc) is 2.76. The molecule has 0 N–H and O–H groups in total. The quantitative estimate of drug-likeness (QED) is 0.726. The Labute approximate surface area is 111 Å². The topological polar surface area (TPSA) is 18.8 Å². The van der Waals surface area contributed by atoms with Crippen LogP contribution in [0.3, 0.4) is 0 Å². The summed E-state index contributed by atoms with van der Waals surface area (Å²) in [5, 5.41) is 2.92. The van der Waals surface area contributed by atoms with Crippen molar-refractivity contribution in [3.63, 3.8) is 0 Å². The highest BCUT2D eigenvalue weighted by atomic mass is 79.9. The van der Waals surface area contributed by atoms with E-state index in [0.717, 1.165) is 11.9 Å². The zero-order valence-electron chi connectivity index (χ0n) is 10.0. The summed E-state index contributed by atoms with van der Waals surface area (Å²) in [7, 11) is 4.41. The number of halogens is 1. The SMILES string of the molecule is CN1CCCC(N(C)C2=NCC(CBr)S2)C1. The van der Waals surface area contributed by atoms with E-state index in [1.54, 1.807) is 0 Å². The molecule has 16 heavy (non-hydrogen) atoms. The largest absolute Gasteiger partial charge is 0.350 e. The van der Waals surface area contributed by atoms with Crippen LogP contribution in [0.1, 0.15) is 12.8 Å². The highest BCUT2D eigenvalue weighted by molar-refractivity contribution is 9.09. The van der Waals surface area contributed by atoms with Crippen LogP contribution in [-0.4, -0.2) is 65.3 Å². The lowest BCUT2D eigenvalue weighted by Crippen LogP contribution is -2.46. The third-order valence-corrected chi connectivity index (χ3v) is 5.81. The molecule has 1 saturated heterocycles. The van der Waals surface area contributed by atoms with Crippen molar-refractivity contribution in [2.45, 2.75) is 24.1 Å². The van der Waals surface area contributed by atoms with Crippen LogP contribution < -0.4 is 0 Å². The number of likely N-dealkylation sites (tertiary alicyclic amines) is 1. The van der Waals surface area contributed by atoms with Crippen LogP contribution >= 0.6 is 27.7 Å². The minimum Gasteiger partial charge on any atom is -0.350 e. The van der Waals surface area contributed by atoms with Gasteiger partial charge in [-0.1, -0.05) is 27.7 Å². The monoisotopic (exact) mass is 305 g/mol. The number of piperidine rings is 1. The Kier molecular flexibility index (Phi) is 4.56. The van der Waals surface area contributed by atoms with E-state index in [1.165, 1.54) is 31.1 Å². The molecule has 3 nitrogen and oxygen atoms in total. The molecule has 0 aromatic heterocycles. The van der Waals surface area contributed by atoms with E-state index >= 15 is 0 Å². The van der Waals surface area contributed by atoms with Crippen molar-refractivity contribution in [1.82, 2.24) is 9.80 Å². The molecule has 0 aromatic rings. The maximum absolute atomic E-state index is 4.65. The van der Waals surface area contributed by atoms with Gasteiger partial charge in [0, 0.05) is 30.2 Å². The standard InChI is InChI=1S/C11H20BrN3S/c1-14-5-3-4-9(8-14)15(2)11-13-7-10(6-12)16-11/h9-10H,3-8H2,1-2H3. The Morgan fingerprint density at radius 2 is 2.44 bits per heavy atom. The Morgan fingerprint density at radius 3 is 3.06 bits per heavy atom. The van der Waals surface area contributed by atoms with Crippen LogP contribution in [-0.2, 0) is 0 Å². The van der Waals surface area contributed by atoms with Gasteiger partial charge in [0.25, 0.3) is 0 Å². The number of alkyl halides is 1. The number of likely N-dealkylation sites (N-methyl/N-ethyl adjacent to an activating group) is 2. The molecule has 2 unspecified atom stereocenters. The lowest BCUT2D eigenvalue weighted by atomic mass is 10.1. The molecule has 2 heterocycles. The van der Waals surface area contributed by atoms with Crippen molar-refractivity contribution < 1.29 is 0 Å². The molecular weight excluding hydrogens is 286 g/mol. The molecule has 92 valence electrons. The first-order chi connectivity index (χ1) is 7.70. The second-order valence-corrected chi connectivity index (χ2v) is 6.60. The minimum absolute atomic E-state index is 0.638. The maximum Gasteiger partial charge on any atom is 0.159 e. The van der Waals surface area contributed by atoms with Gasteiger partial charge in [-0.2, -0.15) is 0 Å². The number of amidine groups is 1. The van der Waals surface area contributed by atoms with Crippen molar-refractivity contribution in [3.8, 4) is 0 Å². The van der Waals surface area contributed by atoms with Crippen LogP contribution in [0.15, 0.2) is 4.99 Å². The van der Waals surface area contributed by atoms with Crippen LogP contribution in [0, 0.1) is 0 Å². The summed E-state index contributed by atoms with van der Waals surface area (Å²) in [6.45, 7) is 3.39. The van der Waals surface area contributed by atoms with E-state index < -0.39 is 0 Å². The van der Waals surface area contributed by atoms with Gasteiger partial charge < -0.3 is 9.80 Å². The van der Waals surface area contributed by atoms with Gasteiger partial charge in [0.1, 0.15) is 0 Å². The zero-order valence-corrected chi connectivity index (χ0v) is 12.4. The van der Waals surface area contributed by atoms with E-state index in [2.05, 4.69) is 44.8 Å². The number of hydrogen-bond acceptors (Lipinski definition) is 4. The Bertz CT molecular complexity index is 272. The molecule has 0 aliphatic carbocycles. The summed E-state index contributed by atoms with van der Waals surface area (Å²) in [5.41, 5.74) is 0. The molecule has 0 spiro atoms. The molecule has 0 radical (unpaired) electrons. The number of nitrogens with zero attached hydrogens (tertiary/aromatic N) is 3. The molecule has 0 amide bonds. The summed E-state index contributed by atoms with van der Waals surface area (Å²) < 4.78 is 0. The number of rotatable bonds is 2. The highest BCUT2D eigenvalue weighted by Crippen LogP contribution is 2.26. The molecule has 1 fully saturated rings. The van der Waals surface area contributed by atoms with Crippen LogP contribution in [0.5, 0.6) is 0 Å². The Balaban J connectivity index is 1.89. The third kappa shape index (κ3) is 2.93. The highest BCUT2D eigenvalue weighted by Gasteiger charge is 2.27. The Hall–Kier alpha value is 0.260. The molecule has 0 saturated carbocycles. The van der Waals surface area contributed by atoms with Crippen molar-refractivity contribution in [3.05, 3.63) is 0 Å². The van der Waals surface area contributed by atoms with Gasteiger partial charge in [-0.05, 0) is 26.4 Å². The third-order valence-electron chi connectivity index (χ3n) is 3.32. The maximum atomic E-state index is 4.65. The van der Waals surface area contributed by atoms with E-state index in [9.17, 15) is 0 Å². The second-order valence-electron chi connectivity index (χ2n) is 4.69. The lowest BCUT2D eigenvalue weighted by molar-refractivity contribution is 0.184. The fourth-order valence-corrected chi connectivity index (χ4v) is 3.87. The number of thioether (sulfide) groups is 1. The Morgan fingerprint density at radius 1 is 1.62 bits per heavy atom. The summed E-state index contributed by atoms with van der Waals surface area (Å²) in [6.07, 6.45) is 2.62. The van der Waals surface area contributed by atoms with Gasteiger partial charge in [-0.3, -0.25) is 4.99 Å². The summed E-state index contributed by atoms with van der Waals surface area (Å²) in [6, 6.07) is 0.652. The van der Waals surface area contributed by atoms with Crippen LogP contribution in [0.4, 0.5) is 0 Å². The minimum atomic E-state index is 0.638. The van der Waals surface area contributed by atoms with Gasteiger partial charge in [0.2, 0.25) is 0 Å². The van der Waals surface area contributed by atoms with Gasteiger partial charge in [-0.25, -0.2) is 0 Å². The molecule has 2 atom stereocenters. The summed E-state index contributed by atoms with van der Waals surface area (Å²) >= 11 is 5.46. The van der Waals surface area contributed by atoms with Crippen LogP contribution in [0.2, 0.25) is 0 Å². The number of hydrogen-bond donors (Lipinski definition) is 0. The van der Waals surface area contributed by atoms with E-state index in [4.69, 9.17) is 0 Å². The number of aliphatic imine (C=N–C) groups is 1. The van der Waals surface area contributed by atoms with Crippen molar-refractivity contribution in [2.24, 2.45) is 4.99 Å². The lowest BCUT2D eigenvalue weighted by Gasteiger charge is -2.36. The molecule has 5 heteroatoms. The molecule has 2 aliphatic heterocycles. The van der Waals surface area contributed by atoms with Gasteiger partial charge in [-0.15, -0.1) is 0 Å². The summed E-state index contributed by atoms with van der Waals surface area (Å²) in [4.78, 5) is 9.46. The molecule has 0 aromatic carbocycles. The van der Waals surface area contributed by atoms with E-state index in [0.29, 0.717) is 11.3 Å². The zero-order chi connectivity index (χ0) is 11.5. The summed E-state index contributed by atoms with van der Waals surface area (Å²) in [5.74, 6) is 0. The molecular formula is C11H20BrN3S. The predicted molar refractivity (Wildman–Crippen MR) is 75.8 cm³/mol. The van der Waals surface area contributed by atoms with Gasteiger partial charge in [0.05, 0.1) is 6.54 Å². The van der Waals surface area contributed by atoms with Gasteiger partial charge >= 0.3 is 0 Å². The first kappa shape index (κ1) is 12.7. The normalized spacial score (nSPS) is 31.6. The first-order valence-electron chi connectivity index (χ1n) is 5.89.